The van der Waals surface area contributed by atoms with Gasteiger partial charge in [0.15, 0.2) is 0 Å². The normalized spacial score (nSPS) is 11.1. The number of aromatic nitrogens is 2. The molecular formula is C17H25N3. The number of hydrogen-bond acceptors (Lipinski definition) is 2. The third-order valence-corrected chi connectivity index (χ3v) is 3.91. The largest absolute Gasteiger partial charge is 0.308 e. The molecule has 0 saturated heterocycles. The molecule has 0 saturated carbocycles. The van der Waals surface area contributed by atoms with Gasteiger partial charge in [0, 0.05) is 31.9 Å². The summed E-state index contributed by atoms with van der Waals surface area (Å²) in [7, 11) is 1.98. The maximum atomic E-state index is 4.47. The molecular weight excluding hydrogens is 246 g/mol. The Bertz CT molecular complexity index is 597. The van der Waals surface area contributed by atoms with Crippen molar-refractivity contribution in [2.45, 2.75) is 47.2 Å². The van der Waals surface area contributed by atoms with E-state index in [1.807, 2.05) is 11.7 Å². The van der Waals surface area contributed by atoms with Crippen LogP contribution in [0.2, 0.25) is 0 Å². The highest BCUT2D eigenvalue weighted by atomic mass is 15.3. The number of rotatable bonds is 5. The van der Waals surface area contributed by atoms with E-state index in [1.54, 1.807) is 0 Å². The second-order valence-electron chi connectivity index (χ2n) is 5.59. The number of benzene rings is 1. The van der Waals surface area contributed by atoms with Crippen LogP contribution >= 0.6 is 0 Å². The zero-order chi connectivity index (χ0) is 14.7. The highest BCUT2D eigenvalue weighted by Gasteiger charge is 2.06. The molecule has 2 aromatic rings. The van der Waals surface area contributed by atoms with Crippen LogP contribution in [-0.2, 0) is 26.6 Å². The van der Waals surface area contributed by atoms with E-state index in [1.165, 1.54) is 33.5 Å². The van der Waals surface area contributed by atoms with Crippen molar-refractivity contribution in [3.63, 3.8) is 0 Å². The van der Waals surface area contributed by atoms with E-state index >= 15 is 0 Å². The van der Waals surface area contributed by atoms with Crippen LogP contribution < -0.4 is 5.32 Å². The minimum absolute atomic E-state index is 0.878. The molecule has 2 rings (SSSR count). The van der Waals surface area contributed by atoms with Crippen LogP contribution in [0, 0.1) is 20.8 Å². The third kappa shape index (κ3) is 3.28. The summed E-state index contributed by atoms with van der Waals surface area (Å²) in [5.41, 5.74) is 7.97. The molecule has 20 heavy (non-hydrogen) atoms. The van der Waals surface area contributed by atoms with Crippen molar-refractivity contribution in [3.8, 4) is 0 Å². The van der Waals surface area contributed by atoms with Gasteiger partial charge in [0.25, 0.3) is 0 Å². The molecule has 108 valence electrons. The van der Waals surface area contributed by atoms with Gasteiger partial charge in [-0.1, -0.05) is 19.1 Å². The molecule has 0 amide bonds. The van der Waals surface area contributed by atoms with E-state index in [4.69, 9.17) is 0 Å². The van der Waals surface area contributed by atoms with Gasteiger partial charge < -0.3 is 5.32 Å². The van der Waals surface area contributed by atoms with Crippen LogP contribution in [0.5, 0.6) is 0 Å². The minimum atomic E-state index is 0.878. The summed E-state index contributed by atoms with van der Waals surface area (Å²) in [6, 6.07) is 4.57. The molecule has 3 heteroatoms. The van der Waals surface area contributed by atoms with E-state index < -0.39 is 0 Å². The summed E-state index contributed by atoms with van der Waals surface area (Å²) in [6.45, 7) is 10.5. The standard InChI is InChI=1S/C17H25N3/c1-6-17-16(11-20(5)19-17)10-18-9-15-8-13(3)12(2)7-14(15)4/h7-8,11,18H,6,9-10H2,1-5H3. The molecule has 1 aromatic carbocycles. The SMILES string of the molecule is CCc1nn(C)cc1CNCc1cc(C)c(C)cc1C. The predicted octanol–water partition coefficient (Wildman–Crippen LogP) is 3.20. The Hall–Kier alpha value is -1.61. The van der Waals surface area contributed by atoms with Gasteiger partial charge in [0.05, 0.1) is 5.69 Å². The summed E-state index contributed by atoms with van der Waals surface area (Å²) < 4.78 is 1.90. The summed E-state index contributed by atoms with van der Waals surface area (Å²) in [5.74, 6) is 0. The molecule has 0 fully saturated rings. The Kier molecular flexibility index (Phi) is 4.61. The Morgan fingerprint density at radius 1 is 1.00 bits per heavy atom. The minimum Gasteiger partial charge on any atom is -0.308 e. The van der Waals surface area contributed by atoms with Crippen LogP contribution in [0.4, 0.5) is 0 Å². The Morgan fingerprint density at radius 3 is 2.35 bits per heavy atom. The zero-order valence-corrected chi connectivity index (χ0v) is 13.2. The Balaban J connectivity index is 2.01. The summed E-state index contributed by atoms with van der Waals surface area (Å²) in [4.78, 5) is 0. The number of aryl methyl sites for hydroxylation is 5. The summed E-state index contributed by atoms with van der Waals surface area (Å²) >= 11 is 0. The number of hydrogen-bond donors (Lipinski definition) is 1. The van der Waals surface area contributed by atoms with Gasteiger partial charge >= 0.3 is 0 Å². The first kappa shape index (κ1) is 14.8. The van der Waals surface area contributed by atoms with Crippen LogP contribution in [0.15, 0.2) is 18.3 Å². The topological polar surface area (TPSA) is 29.9 Å². The molecule has 0 radical (unpaired) electrons. The fourth-order valence-corrected chi connectivity index (χ4v) is 2.57. The predicted molar refractivity (Wildman–Crippen MR) is 83.8 cm³/mol. The van der Waals surface area contributed by atoms with Gasteiger partial charge in [-0.05, 0) is 49.4 Å². The molecule has 0 spiro atoms. The fourth-order valence-electron chi connectivity index (χ4n) is 2.57. The van der Waals surface area contributed by atoms with Gasteiger partial charge in [0.1, 0.15) is 0 Å². The Morgan fingerprint density at radius 2 is 1.65 bits per heavy atom. The fraction of sp³-hybridized carbons (Fsp3) is 0.471. The van der Waals surface area contributed by atoms with Crippen LogP contribution in [0.1, 0.15) is 40.4 Å². The van der Waals surface area contributed by atoms with Gasteiger partial charge in [-0.15, -0.1) is 0 Å². The summed E-state index contributed by atoms with van der Waals surface area (Å²) in [6.07, 6.45) is 3.10. The molecule has 0 aliphatic rings. The molecule has 0 atom stereocenters. The molecule has 0 bridgehead atoms. The maximum Gasteiger partial charge on any atom is 0.0666 e. The van der Waals surface area contributed by atoms with Crippen molar-refractivity contribution in [3.05, 3.63) is 51.8 Å². The number of nitrogens with zero attached hydrogens (tertiary/aromatic N) is 2. The molecule has 3 nitrogen and oxygen atoms in total. The average molecular weight is 271 g/mol. The first-order valence-corrected chi connectivity index (χ1v) is 7.30. The summed E-state index contributed by atoms with van der Waals surface area (Å²) in [5, 5.41) is 8.01. The van der Waals surface area contributed by atoms with Crippen LogP contribution in [-0.4, -0.2) is 9.78 Å². The van der Waals surface area contributed by atoms with Crippen LogP contribution in [0.3, 0.4) is 0 Å². The second kappa shape index (κ2) is 6.23. The smallest absolute Gasteiger partial charge is 0.0666 e. The van der Waals surface area contributed by atoms with Crippen molar-refractivity contribution in [1.82, 2.24) is 15.1 Å². The lowest BCUT2D eigenvalue weighted by molar-refractivity contribution is 0.685. The average Bonchev–Trinajstić information content (AvgIpc) is 2.76. The van der Waals surface area contributed by atoms with E-state index in [9.17, 15) is 0 Å². The number of nitrogens with one attached hydrogen (secondary N) is 1. The zero-order valence-electron chi connectivity index (χ0n) is 13.2. The van der Waals surface area contributed by atoms with Gasteiger partial charge in [-0.25, -0.2) is 0 Å². The van der Waals surface area contributed by atoms with Crippen molar-refractivity contribution in [2.24, 2.45) is 7.05 Å². The molecule has 0 unspecified atom stereocenters. The lowest BCUT2D eigenvalue weighted by Crippen LogP contribution is -2.14. The second-order valence-corrected chi connectivity index (χ2v) is 5.59. The first-order valence-electron chi connectivity index (χ1n) is 7.30. The lowest BCUT2D eigenvalue weighted by Gasteiger charge is -2.11. The lowest BCUT2D eigenvalue weighted by atomic mass is 10.0. The molecule has 1 aromatic heterocycles. The Labute approximate surface area is 122 Å². The van der Waals surface area contributed by atoms with Gasteiger partial charge in [-0.2, -0.15) is 5.10 Å². The molecule has 0 aliphatic heterocycles. The van der Waals surface area contributed by atoms with Crippen molar-refractivity contribution in [2.75, 3.05) is 0 Å². The monoisotopic (exact) mass is 271 g/mol. The van der Waals surface area contributed by atoms with Crippen molar-refractivity contribution >= 4 is 0 Å². The quantitative estimate of drug-likeness (QED) is 0.905. The van der Waals surface area contributed by atoms with Crippen molar-refractivity contribution < 1.29 is 0 Å². The van der Waals surface area contributed by atoms with Crippen LogP contribution in [0.25, 0.3) is 0 Å². The van der Waals surface area contributed by atoms with E-state index in [-0.39, 0.29) is 0 Å². The first-order chi connectivity index (χ1) is 9.51. The van der Waals surface area contributed by atoms with E-state index in [0.29, 0.717) is 0 Å². The highest BCUT2D eigenvalue weighted by Crippen LogP contribution is 2.15. The maximum absolute atomic E-state index is 4.47. The molecule has 1 heterocycles. The third-order valence-electron chi connectivity index (χ3n) is 3.91. The van der Waals surface area contributed by atoms with E-state index in [2.05, 4.69) is 56.4 Å². The van der Waals surface area contributed by atoms with Gasteiger partial charge in [0.2, 0.25) is 0 Å². The van der Waals surface area contributed by atoms with Gasteiger partial charge in [-0.3, -0.25) is 4.68 Å². The molecule has 0 aliphatic carbocycles. The van der Waals surface area contributed by atoms with Crippen molar-refractivity contribution in [1.29, 1.82) is 0 Å². The van der Waals surface area contributed by atoms with E-state index in [0.717, 1.165) is 19.5 Å². The molecule has 1 N–H and O–H groups in total. The highest BCUT2D eigenvalue weighted by molar-refractivity contribution is 5.36.